The number of benzene rings is 2. The second-order valence-electron chi connectivity index (χ2n) is 3.87. The lowest BCUT2D eigenvalue weighted by atomic mass is 9.86. The molecule has 0 heterocycles. The Morgan fingerprint density at radius 3 is 1.35 bits per heavy atom. The second kappa shape index (κ2) is 4.67. The molecule has 88 valence electrons. The van der Waals surface area contributed by atoms with E-state index in [2.05, 4.69) is 0 Å². The molecule has 0 aromatic heterocycles. The van der Waals surface area contributed by atoms with Crippen LogP contribution in [-0.4, -0.2) is 21.6 Å². The topological polar surface area (TPSA) is 60.7 Å². The first kappa shape index (κ1) is 11.8. The molecule has 17 heavy (non-hydrogen) atoms. The molecule has 0 radical (unpaired) electrons. The predicted octanol–water partition coefficient (Wildman–Crippen LogP) is 1.23. The third kappa shape index (κ3) is 2.08. The molecule has 2 rings (SSSR count). The average Bonchev–Trinajstić information content (AvgIpc) is 2.39. The Hall–Kier alpha value is -1.68. The van der Waals surface area contributed by atoms with Crippen molar-refractivity contribution in [3.05, 3.63) is 71.8 Å². The summed E-state index contributed by atoms with van der Waals surface area (Å²) in [5.74, 6) is 0. The maximum Gasteiger partial charge on any atom is 0.189 e. The molecule has 2 aromatic rings. The van der Waals surface area contributed by atoms with Gasteiger partial charge in [0.05, 0.1) is 0 Å². The first-order valence-electron chi connectivity index (χ1n) is 5.35. The maximum absolute atomic E-state index is 10.5. The summed E-state index contributed by atoms with van der Waals surface area (Å²) < 4.78 is 0. The van der Waals surface area contributed by atoms with Gasteiger partial charge in [-0.15, -0.1) is 0 Å². The molecule has 2 aromatic carbocycles. The number of aliphatic hydroxyl groups is 3. The first-order chi connectivity index (χ1) is 8.15. The molecule has 0 unspecified atom stereocenters. The second-order valence-corrected chi connectivity index (χ2v) is 3.87. The summed E-state index contributed by atoms with van der Waals surface area (Å²) in [6.45, 7) is 0. The Balaban J connectivity index is 2.55. The van der Waals surface area contributed by atoms with E-state index in [1.165, 1.54) is 0 Å². The van der Waals surface area contributed by atoms with E-state index < -0.39 is 11.9 Å². The Kier molecular flexibility index (Phi) is 3.24. The highest BCUT2D eigenvalue weighted by atomic mass is 16.5. The van der Waals surface area contributed by atoms with E-state index in [0.717, 1.165) is 0 Å². The molecule has 0 aliphatic rings. The van der Waals surface area contributed by atoms with Gasteiger partial charge < -0.3 is 15.3 Å². The summed E-state index contributed by atoms with van der Waals surface area (Å²) in [5.41, 5.74) is -0.912. The van der Waals surface area contributed by atoms with Gasteiger partial charge in [-0.2, -0.15) is 0 Å². The number of hydrogen-bond donors (Lipinski definition) is 3. The van der Waals surface area contributed by atoms with Crippen LogP contribution in [0.4, 0.5) is 0 Å². The van der Waals surface area contributed by atoms with Gasteiger partial charge in [0.1, 0.15) is 0 Å². The van der Waals surface area contributed by atoms with Crippen LogP contribution in [0.3, 0.4) is 0 Å². The molecule has 0 amide bonds. The van der Waals surface area contributed by atoms with E-state index in [-0.39, 0.29) is 0 Å². The van der Waals surface area contributed by atoms with E-state index in [1.54, 1.807) is 60.7 Å². The van der Waals surface area contributed by atoms with Crippen molar-refractivity contribution < 1.29 is 15.3 Å². The quantitative estimate of drug-likeness (QED) is 0.695. The predicted molar refractivity (Wildman–Crippen MR) is 64.1 cm³/mol. The van der Waals surface area contributed by atoms with Gasteiger partial charge in [-0.25, -0.2) is 0 Å². The maximum atomic E-state index is 10.5. The van der Waals surface area contributed by atoms with Crippen LogP contribution in [0.2, 0.25) is 0 Å². The van der Waals surface area contributed by atoms with E-state index in [9.17, 15) is 15.3 Å². The van der Waals surface area contributed by atoms with Crippen LogP contribution >= 0.6 is 0 Å². The highest BCUT2D eigenvalue weighted by Crippen LogP contribution is 2.31. The largest absolute Gasteiger partial charge is 0.375 e. The Labute approximate surface area is 99.6 Å². The van der Waals surface area contributed by atoms with Crippen LogP contribution in [0, 0.1) is 0 Å². The zero-order chi connectivity index (χ0) is 12.3. The minimum Gasteiger partial charge on any atom is -0.375 e. The van der Waals surface area contributed by atoms with Gasteiger partial charge in [0.25, 0.3) is 0 Å². The monoisotopic (exact) mass is 230 g/mol. The van der Waals surface area contributed by atoms with Crippen molar-refractivity contribution in [3.8, 4) is 0 Å². The minimum absolute atomic E-state index is 0.446. The SMILES string of the molecule is OC(O)C(O)(c1ccccc1)c1ccccc1. The Morgan fingerprint density at radius 2 is 1.06 bits per heavy atom. The van der Waals surface area contributed by atoms with Crippen LogP contribution in [0.15, 0.2) is 60.7 Å². The summed E-state index contributed by atoms with van der Waals surface area (Å²) in [6.07, 6.45) is -1.88. The Morgan fingerprint density at radius 1 is 0.706 bits per heavy atom. The summed E-state index contributed by atoms with van der Waals surface area (Å²) >= 11 is 0. The molecule has 0 aliphatic heterocycles. The fourth-order valence-electron chi connectivity index (χ4n) is 1.85. The van der Waals surface area contributed by atoms with Crippen molar-refractivity contribution >= 4 is 0 Å². The van der Waals surface area contributed by atoms with E-state index in [4.69, 9.17) is 0 Å². The highest BCUT2D eigenvalue weighted by molar-refractivity contribution is 5.36. The summed E-state index contributed by atoms with van der Waals surface area (Å²) in [7, 11) is 0. The minimum atomic E-state index is -1.88. The van der Waals surface area contributed by atoms with Gasteiger partial charge in [-0.1, -0.05) is 60.7 Å². The summed E-state index contributed by atoms with van der Waals surface area (Å²) in [6, 6.07) is 17.2. The van der Waals surface area contributed by atoms with Crippen LogP contribution in [-0.2, 0) is 5.60 Å². The number of rotatable bonds is 3. The molecule has 3 nitrogen and oxygen atoms in total. The molecule has 0 saturated carbocycles. The summed E-state index contributed by atoms with van der Waals surface area (Å²) in [5, 5.41) is 29.5. The van der Waals surface area contributed by atoms with Gasteiger partial charge in [0.15, 0.2) is 11.9 Å². The van der Waals surface area contributed by atoms with E-state index in [1.807, 2.05) is 0 Å². The van der Waals surface area contributed by atoms with Crippen molar-refractivity contribution in [1.82, 2.24) is 0 Å². The van der Waals surface area contributed by atoms with Gasteiger partial charge in [-0.05, 0) is 11.1 Å². The lowest BCUT2D eigenvalue weighted by molar-refractivity contribution is -0.169. The van der Waals surface area contributed by atoms with Gasteiger partial charge in [0, 0.05) is 0 Å². The van der Waals surface area contributed by atoms with Crippen molar-refractivity contribution in [2.75, 3.05) is 0 Å². The van der Waals surface area contributed by atoms with E-state index >= 15 is 0 Å². The fraction of sp³-hybridized carbons (Fsp3) is 0.143. The van der Waals surface area contributed by atoms with E-state index in [0.29, 0.717) is 11.1 Å². The molecule has 0 fully saturated rings. The van der Waals surface area contributed by atoms with Crippen LogP contribution in [0.1, 0.15) is 11.1 Å². The normalized spacial score (nSPS) is 11.8. The highest BCUT2D eigenvalue weighted by Gasteiger charge is 2.38. The molecule has 0 saturated heterocycles. The lowest BCUT2D eigenvalue weighted by Gasteiger charge is -2.30. The molecule has 3 heteroatoms. The third-order valence-corrected chi connectivity index (χ3v) is 2.80. The average molecular weight is 230 g/mol. The zero-order valence-electron chi connectivity index (χ0n) is 9.19. The smallest absolute Gasteiger partial charge is 0.189 e. The molecular weight excluding hydrogens is 216 g/mol. The number of hydrogen-bond acceptors (Lipinski definition) is 3. The van der Waals surface area contributed by atoms with Crippen molar-refractivity contribution in [3.63, 3.8) is 0 Å². The van der Waals surface area contributed by atoms with Gasteiger partial charge >= 0.3 is 0 Å². The molecular formula is C14H14O3. The molecule has 0 spiro atoms. The van der Waals surface area contributed by atoms with Crippen molar-refractivity contribution in [2.45, 2.75) is 11.9 Å². The first-order valence-corrected chi connectivity index (χ1v) is 5.35. The van der Waals surface area contributed by atoms with Crippen molar-refractivity contribution in [2.24, 2.45) is 0 Å². The fourth-order valence-corrected chi connectivity index (χ4v) is 1.85. The number of aliphatic hydroxyl groups excluding tert-OH is 1. The van der Waals surface area contributed by atoms with Crippen LogP contribution in [0.5, 0.6) is 0 Å². The standard InChI is InChI=1S/C14H14O3/c15-13(16)14(17,11-7-3-1-4-8-11)12-9-5-2-6-10-12/h1-10,13,15-17H. The zero-order valence-corrected chi connectivity index (χ0v) is 9.19. The lowest BCUT2D eigenvalue weighted by Crippen LogP contribution is -2.40. The molecule has 0 atom stereocenters. The molecule has 3 N–H and O–H groups in total. The summed E-state index contributed by atoms with van der Waals surface area (Å²) in [4.78, 5) is 0. The van der Waals surface area contributed by atoms with Gasteiger partial charge in [0.2, 0.25) is 0 Å². The van der Waals surface area contributed by atoms with Gasteiger partial charge in [-0.3, -0.25) is 0 Å². The van der Waals surface area contributed by atoms with Crippen molar-refractivity contribution in [1.29, 1.82) is 0 Å². The molecule has 0 aliphatic carbocycles. The third-order valence-electron chi connectivity index (χ3n) is 2.80. The van der Waals surface area contributed by atoms with Crippen LogP contribution in [0.25, 0.3) is 0 Å². The molecule has 0 bridgehead atoms. The van der Waals surface area contributed by atoms with Crippen LogP contribution < -0.4 is 0 Å². The Bertz CT molecular complexity index is 426.